The molecule has 160 valence electrons. The van der Waals surface area contributed by atoms with Gasteiger partial charge in [0.1, 0.15) is 11.6 Å². The number of guanidine groups is 1. The van der Waals surface area contributed by atoms with Crippen molar-refractivity contribution in [2.75, 3.05) is 43.0 Å². The number of pyridine rings is 2. The Balaban J connectivity index is 1.30. The first-order valence-electron chi connectivity index (χ1n) is 10.8. The summed E-state index contributed by atoms with van der Waals surface area (Å²) in [5.74, 6) is 2.74. The first-order valence-corrected chi connectivity index (χ1v) is 11.1. The fourth-order valence-corrected chi connectivity index (χ4v) is 4.36. The summed E-state index contributed by atoms with van der Waals surface area (Å²) in [5, 5.41) is 7.67. The molecule has 30 heavy (non-hydrogen) atoms. The number of rotatable bonds is 5. The summed E-state index contributed by atoms with van der Waals surface area (Å²) in [5.41, 5.74) is 1.21. The molecule has 2 aromatic rings. The molecular formula is C22H30ClN7. The normalized spacial score (nSPS) is 19.8. The predicted octanol–water partition coefficient (Wildman–Crippen LogP) is 3.06. The highest BCUT2D eigenvalue weighted by Crippen LogP contribution is 2.25. The van der Waals surface area contributed by atoms with E-state index in [1.165, 1.54) is 24.8 Å². The molecule has 2 aliphatic rings. The zero-order valence-corrected chi connectivity index (χ0v) is 18.3. The van der Waals surface area contributed by atoms with Gasteiger partial charge in [0.15, 0.2) is 5.96 Å². The third-order valence-electron chi connectivity index (χ3n) is 5.74. The predicted molar refractivity (Wildman–Crippen MR) is 124 cm³/mol. The highest BCUT2D eigenvalue weighted by molar-refractivity contribution is 6.32. The molecule has 2 saturated heterocycles. The number of aromatic nitrogens is 2. The van der Waals surface area contributed by atoms with Gasteiger partial charge in [0.05, 0.1) is 5.02 Å². The van der Waals surface area contributed by atoms with Gasteiger partial charge in [0.2, 0.25) is 0 Å². The van der Waals surface area contributed by atoms with E-state index in [4.69, 9.17) is 11.6 Å². The molecule has 1 atom stereocenters. The van der Waals surface area contributed by atoms with Crippen LogP contribution < -0.4 is 20.4 Å². The minimum Gasteiger partial charge on any atom is -0.357 e. The van der Waals surface area contributed by atoms with Crippen LogP contribution in [0.15, 0.2) is 41.7 Å². The van der Waals surface area contributed by atoms with E-state index >= 15 is 0 Å². The Kier molecular flexibility index (Phi) is 6.89. The summed E-state index contributed by atoms with van der Waals surface area (Å²) in [6.07, 6.45) is 8.54. The van der Waals surface area contributed by atoms with Gasteiger partial charge in [-0.2, -0.15) is 0 Å². The van der Waals surface area contributed by atoms with Gasteiger partial charge in [0.25, 0.3) is 0 Å². The van der Waals surface area contributed by atoms with Crippen molar-refractivity contribution < 1.29 is 0 Å². The van der Waals surface area contributed by atoms with E-state index in [9.17, 15) is 0 Å². The van der Waals surface area contributed by atoms with Gasteiger partial charge in [-0.25, -0.2) is 9.97 Å². The zero-order valence-electron chi connectivity index (χ0n) is 17.5. The van der Waals surface area contributed by atoms with Crippen molar-refractivity contribution in [2.45, 2.75) is 38.3 Å². The number of nitrogens with zero attached hydrogens (tertiary/aromatic N) is 5. The van der Waals surface area contributed by atoms with Crippen LogP contribution in [0, 0.1) is 0 Å². The van der Waals surface area contributed by atoms with Crippen molar-refractivity contribution in [3.05, 3.63) is 47.2 Å². The average Bonchev–Trinajstić information content (AvgIpc) is 3.26. The smallest absolute Gasteiger partial charge is 0.191 e. The van der Waals surface area contributed by atoms with Crippen LogP contribution in [0.4, 0.5) is 11.6 Å². The van der Waals surface area contributed by atoms with Crippen LogP contribution in [-0.4, -0.2) is 55.2 Å². The summed E-state index contributed by atoms with van der Waals surface area (Å²) in [7, 11) is 1.81. The van der Waals surface area contributed by atoms with Crippen molar-refractivity contribution in [1.29, 1.82) is 0 Å². The number of hydrogen-bond donors (Lipinski definition) is 2. The van der Waals surface area contributed by atoms with Crippen molar-refractivity contribution in [1.82, 2.24) is 20.6 Å². The highest BCUT2D eigenvalue weighted by Gasteiger charge is 2.25. The highest BCUT2D eigenvalue weighted by atomic mass is 35.5. The van der Waals surface area contributed by atoms with Crippen LogP contribution in [0.1, 0.15) is 31.2 Å². The number of halogens is 1. The minimum absolute atomic E-state index is 0.302. The van der Waals surface area contributed by atoms with Gasteiger partial charge >= 0.3 is 0 Å². The summed E-state index contributed by atoms with van der Waals surface area (Å²) in [6, 6.07) is 8.30. The molecule has 2 N–H and O–H groups in total. The van der Waals surface area contributed by atoms with Crippen LogP contribution in [0.2, 0.25) is 5.02 Å². The van der Waals surface area contributed by atoms with E-state index in [-0.39, 0.29) is 0 Å². The second-order valence-corrected chi connectivity index (χ2v) is 8.29. The van der Waals surface area contributed by atoms with Crippen LogP contribution >= 0.6 is 11.6 Å². The van der Waals surface area contributed by atoms with Crippen LogP contribution in [0.5, 0.6) is 0 Å². The quantitative estimate of drug-likeness (QED) is 0.564. The number of piperidine rings is 1. The largest absolute Gasteiger partial charge is 0.357 e. The second kappa shape index (κ2) is 9.98. The Hall–Kier alpha value is -2.54. The van der Waals surface area contributed by atoms with Gasteiger partial charge in [0, 0.05) is 58.2 Å². The molecule has 0 radical (unpaired) electrons. The molecule has 0 aliphatic carbocycles. The number of aliphatic imine (C=N–C) groups is 1. The molecule has 0 bridgehead atoms. The maximum atomic E-state index is 6.30. The summed E-state index contributed by atoms with van der Waals surface area (Å²) < 4.78 is 0. The Morgan fingerprint density at radius 3 is 2.80 bits per heavy atom. The Bertz CT molecular complexity index is 866. The lowest BCUT2D eigenvalue weighted by molar-refractivity contribution is 0.573. The monoisotopic (exact) mass is 427 g/mol. The lowest BCUT2D eigenvalue weighted by Gasteiger charge is -2.28. The van der Waals surface area contributed by atoms with E-state index in [0.717, 1.165) is 50.2 Å². The Labute approximate surface area is 183 Å². The molecule has 8 heteroatoms. The van der Waals surface area contributed by atoms with E-state index in [0.29, 0.717) is 17.6 Å². The fraction of sp³-hybridized carbons (Fsp3) is 0.500. The van der Waals surface area contributed by atoms with E-state index < -0.39 is 0 Å². The molecule has 0 saturated carbocycles. The number of anilines is 2. The number of nitrogens with one attached hydrogen (secondary N) is 2. The molecule has 0 aromatic carbocycles. The third kappa shape index (κ3) is 5.14. The van der Waals surface area contributed by atoms with E-state index in [1.54, 1.807) is 6.20 Å². The van der Waals surface area contributed by atoms with Crippen molar-refractivity contribution >= 4 is 29.2 Å². The molecule has 7 nitrogen and oxygen atoms in total. The first-order chi connectivity index (χ1) is 14.7. The van der Waals surface area contributed by atoms with Crippen LogP contribution in [0.25, 0.3) is 0 Å². The topological polar surface area (TPSA) is 68.7 Å². The second-order valence-electron chi connectivity index (χ2n) is 7.88. The summed E-state index contributed by atoms with van der Waals surface area (Å²) >= 11 is 6.30. The van der Waals surface area contributed by atoms with E-state index in [1.807, 2.05) is 25.4 Å². The molecule has 2 aliphatic heterocycles. The average molecular weight is 428 g/mol. The van der Waals surface area contributed by atoms with Gasteiger partial charge in [-0.15, -0.1) is 0 Å². The van der Waals surface area contributed by atoms with Gasteiger partial charge in [-0.3, -0.25) is 4.99 Å². The SMILES string of the molecule is CN=C(NCc1ccnc(N2CCCCC2)c1)NC1CCN(c2ncccc2Cl)C1. The van der Waals surface area contributed by atoms with Crippen LogP contribution in [0.3, 0.4) is 0 Å². The Morgan fingerprint density at radius 2 is 2.00 bits per heavy atom. The molecule has 0 spiro atoms. The maximum absolute atomic E-state index is 6.30. The maximum Gasteiger partial charge on any atom is 0.191 e. The van der Waals surface area contributed by atoms with Gasteiger partial charge in [-0.05, 0) is 55.5 Å². The van der Waals surface area contributed by atoms with Gasteiger partial charge in [-0.1, -0.05) is 11.6 Å². The zero-order chi connectivity index (χ0) is 20.8. The lowest BCUT2D eigenvalue weighted by atomic mass is 10.1. The molecule has 2 fully saturated rings. The Morgan fingerprint density at radius 1 is 1.13 bits per heavy atom. The molecule has 0 amide bonds. The molecule has 4 rings (SSSR count). The van der Waals surface area contributed by atoms with Crippen molar-refractivity contribution in [3.63, 3.8) is 0 Å². The molecule has 4 heterocycles. The summed E-state index contributed by atoms with van der Waals surface area (Å²) in [6.45, 7) is 4.70. The van der Waals surface area contributed by atoms with Crippen molar-refractivity contribution in [3.8, 4) is 0 Å². The minimum atomic E-state index is 0.302. The third-order valence-corrected chi connectivity index (χ3v) is 6.04. The van der Waals surface area contributed by atoms with Crippen molar-refractivity contribution in [2.24, 2.45) is 4.99 Å². The van der Waals surface area contributed by atoms with Crippen LogP contribution in [-0.2, 0) is 6.54 Å². The standard InChI is InChI=1S/C22H30ClN7/c1-24-22(28-18-8-13-30(16-18)21-19(23)6-5-9-26-21)27-15-17-7-10-25-20(14-17)29-11-3-2-4-12-29/h5-7,9-10,14,18H,2-4,8,11-13,15-16H2,1H3,(H2,24,27,28). The summed E-state index contributed by atoms with van der Waals surface area (Å²) in [4.78, 5) is 18.0. The fourth-order valence-electron chi connectivity index (χ4n) is 4.12. The molecular weight excluding hydrogens is 398 g/mol. The molecule has 1 unspecified atom stereocenters. The first kappa shape index (κ1) is 20.7. The number of hydrogen-bond acceptors (Lipinski definition) is 5. The lowest BCUT2D eigenvalue weighted by Crippen LogP contribution is -2.44. The van der Waals surface area contributed by atoms with E-state index in [2.05, 4.69) is 47.5 Å². The molecule has 2 aromatic heterocycles. The van der Waals surface area contributed by atoms with Gasteiger partial charge < -0.3 is 20.4 Å².